The number of nitrogens with zero attached hydrogens (tertiary/aromatic N) is 1. The van der Waals surface area contributed by atoms with Gasteiger partial charge in [-0.05, 0) is 23.8 Å². The molecule has 1 rings (SSSR count). The molecule has 0 fully saturated rings. The third kappa shape index (κ3) is 2.67. The lowest BCUT2D eigenvalue weighted by molar-refractivity contribution is 0.195. The van der Waals surface area contributed by atoms with Crippen LogP contribution in [0.3, 0.4) is 0 Å². The molecule has 0 aliphatic heterocycles. The number of carboxylic acid groups (broad SMARTS) is 1. The molecule has 0 bridgehead atoms. The first-order valence-electron chi connectivity index (χ1n) is 3.63. The van der Waals surface area contributed by atoms with Gasteiger partial charge in [-0.2, -0.15) is 5.10 Å². The van der Waals surface area contributed by atoms with E-state index in [1.54, 1.807) is 5.43 Å². The van der Waals surface area contributed by atoms with Gasteiger partial charge in [0.25, 0.3) is 0 Å². The van der Waals surface area contributed by atoms with Crippen molar-refractivity contribution in [1.82, 2.24) is 5.43 Å². The highest BCUT2D eigenvalue weighted by molar-refractivity contribution is 5.81. The Bertz CT molecular complexity index is 376. The molecule has 0 aromatic heterocycles. The second kappa shape index (κ2) is 4.13. The Morgan fingerprint density at radius 1 is 1.36 bits per heavy atom. The smallest absolute Gasteiger partial charge is 0.425 e. The molecular formula is C8H8N2O4. The van der Waals surface area contributed by atoms with Crippen molar-refractivity contribution in [2.75, 3.05) is 0 Å². The Morgan fingerprint density at radius 3 is 2.64 bits per heavy atom. The summed E-state index contributed by atoms with van der Waals surface area (Å²) in [5, 5.41) is 29.5. The molecular weight excluding hydrogens is 188 g/mol. The van der Waals surface area contributed by atoms with Crippen molar-refractivity contribution in [3.63, 3.8) is 0 Å². The van der Waals surface area contributed by atoms with Crippen LogP contribution in [0, 0.1) is 0 Å². The highest BCUT2D eigenvalue weighted by Crippen LogP contribution is 2.23. The van der Waals surface area contributed by atoms with Gasteiger partial charge >= 0.3 is 6.09 Å². The van der Waals surface area contributed by atoms with E-state index in [-0.39, 0.29) is 11.5 Å². The van der Waals surface area contributed by atoms with E-state index in [1.165, 1.54) is 24.4 Å². The Hall–Kier alpha value is -2.24. The molecule has 0 unspecified atom stereocenters. The largest absolute Gasteiger partial charge is 0.504 e. The van der Waals surface area contributed by atoms with Crippen LogP contribution >= 0.6 is 0 Å². The zero-order valence-electron chi connectivity index (χ0n) is 7.01. The van der Waals surface area contributed by atoms with Crippen molar-refractivity contribution >= 4 is 12.3 Å². The van der Waals surface area contributed by atoms with Gasteiger partial charge in [0.15, 0.2) is 11.5 Å². The minimum atomic E-state index is -1.27. The molecule has 0 spiro atoms. The van der Waals surface area contributed by atoms with Crippen LogP contribution in [0.4, 0.5) is 4.79 Å². The summed E-state index contributed by atoms with van der Waals surface area (Å²) >= 11 is 0. The molecule has 1 aromatic rings. The van der Waals surface area contributed by atoms with Crippen LogP contribution < -0.4 is 5.43 Å². The van der Waals surface area contributed by atoms with Gasteiger partial charge in [-0.15, -0.1) is 0 Å². The SMILES string of the molecule is O=C(O)NN=Cc1ccc(O)c(O)c1. The van der Waals surface area contributed by atoms with E-state index in [0.29, 0.717) is 5.56 Å². The van der Waals surface area contributed by atoms with E-state index in [4.69, 9.17) is 15.3 Å². The first-order valence-corrected chi connectivity index (χ1v) is 3.63. The Labute approximate surface area is 79.1 Å². The first kappa shape index (κ1) is 9.85. The molecule has 14 heavy (non-hydrogen) atoms. The molecule has 0 radical (unpaired) electrons. The number of hydrogen-bond acceptors (Lipinski definition) is 4. The predicted octanol–water partition coefficient (Wildman–Crippen LogP) is 0.699. The van der Waals surface area contributed by atoms with E-state index >= 15 is 0 Å². The molecule has 0 saturated heterocycles. The van der Waals surface area contributed by atoms with Crippen LogP contribution in [0.2, 0.25) is 0 Å². The van der Waals surface area contributed by atoms with Crippen molar-refractivity contribution in [2.45, 2.75) is 0 Å². The molecule has 0 saturated carbocycles. The van der Waals surface area contributed by atoms with E-state index in [9.17, 15) is 4.79 Å². The highest BCUT2D eigenvalue weighted by Gasteiger charge is 1.98. The number of rotatable bonds is 2. The van der Waals surface area contributed by atoms with Crippen LogP contribution in [-0.2, 0) is 0 Å². The minimum absolute atomic E-state index is 0.242. The number of aromatic hydroxyl groups is 2. The van der Waals surface area contributed by atoms with Crippen molar-refractivity contribution in [3.05, 3.63) is 23.8 Å². The molecule has 4 N–H and O–H groups in total. The molecule has 6 heteroatoms. The lowest BCUT2D eigenvalue weighted by Gasteiger charge is -1.97. The molecule has 1 aromatic carbocycles. The first-order chi connectivity index (χ1) is 6.59. The van der Waals surface area contributed by atoms with Crippen LogP contribution in [0.1, 0.15) is 5.56 Å². The summed E-state index contributed by atoms with van der Waals surface area (Å²) in [5.41, 5.74) is 2.24. The van der Waals surface area contributed by atoms with E-state index in [0.717, 1.165) is 0 Å². The predicted molar refractivity (Wildman–Crippen MR) is 48.5 cm³/mol. The van der Waals surface area contributed by atoms with Gasteiger partial charge in [0.05, 0.1) is 6.21 Å². The monoisotopic (exact) mass is 196 g/mol. The van der Waals surface area contributed by atoms with Gasteiger partial charge in [0.2, 0.25) is 0 Å². The topological polar surface area (TPSA) is 102 Å². The van der Waals surface area contributed by atoms with Crippen molar-refractivity contribution in [3.8, 4) is 11.5 Å². The van der Waals surface area contributed by atoms with Gasteiger partial charge in [0, 0.05) is 0 Å². The highest BCUT2D eigenvalue weighted by atomic mass is 16.4. The van der Waals surface area contributed by atoms with Crippen molar-refractivity contribution < 1.29 is 20.1 Å². The number of nitrogens with one attached hydrogen (secondary N) is 1. The molecule has 0 atom stereocenters. The lowest BCUT2D eigenvalue weighted by Crippen LogP contribution is -2.13. The second-order valence-corrected chi connectivity index (χ2v) is 2.42. The van der Waals surface area contributed by atoms with Gasteiger partial charge in [-0.3, -0.25) is 0 Å². The molecule has 0 heterocycles. The summed E-state index contributed by atoms with van der Waals surface area (Å²) < 4.78 is 0. The van der Waals surface area contributed by atoms with E-state index in [1.807, 2.05) is 0 Å². The third-order valence-corrected chi connectivity index (χ3v) is 1.37. The summed E-state index contributed by atoms with van der Waals surface area (Å²) in [7, 11) is 0. The quantitative estimate of drug-likeness (QED) is 0.317. The Kier molecular flexibility index (Phi) is 2.90. The number of carbonyl (C=O) groups is 1. The van der Waals surface area contributed by atoms with Crippen LogP contribution in [0.15, 0.2) is 23.3 Å². The standard InChI is InChI=1S/C8H8N2O4/c11-6-2-1-5(3-7(6)12)4-9-10-8(13)14/h1-4,10-12H,(H,13,14). The summed E-state index contributed by atoms with van der Waals surface area (Å²) in [6.07, 6.45) is -0.0722. The average Bonchev–Trinajstić information content (AvgIpc) is 2.10. The van der Waals surface area contributed by atoms with Crippen LogP contribution in [0.25, 0.3) is 0 Å². The van der Waals surface area contributed by atoms with E-state index in [2.05, 4.69) is 5.10 Å². The average molecular weight is 196 g/mol. The van der Waals surface area contributed by atoms with Gasteiger partial charge in [0.1, 0.15) is 0 Å². The second-order valence-electron chi connectivity index (χ2n) is 2.42. The Balaban J connectivity index is 2.73. The van der Waals surface area contributed by atoms with Crippen LogP contribution in [0.5, 0.6) is 11.5 Å². The summed E-state index contributed by atoms with van der Waals surface area (Å²) in [6, 6.07) is 4.00. The number of hydrogen-bond donors (Lipinski definition) is 4. The number of phenolic OH excluding ortho intramolecular Hbond substituents is 2. The maximum absolute atomic E-state index is 10.00. The number of hydrazone groups is 1. The lowest BCUT2D eigenvalue weighted by atomic mass is 10.2. The summed E-state index contributed by atoms with van der Waals surface area (Å²) in [5.74, 6) is -0.530. The van der Waals surface area contributed by atoms with Gasteiger partial charge < -0.3 is 15.3 Å². The van der Waals surface area contributed by atoms with Crippen LogP contribution in [-0.4, -0.2) is 27.6 Å². The molecule has 0 aliphatic carbocycles. The summed E-state index contributed by atoms with van der Waals surface area (Å²) in [6.45, 7) is 0. The van der Waals surface area contributed by atoms with Crippen molar-refractivity contribution in [1.29, 1.82) is 0 Å². The number of benzene rings is 1. The maximum atomic E-state index is 10.00. The summed E-state index contributed by atoms with van der Waals surface area (Å²) in [4.78, 5) is 10.00. The fourth-order valence-electron chi connectivity index (χ4n) is 0.783. The normalized spacial score (nSPS) is 10.3. The zero-order chi connectivity index (χ0) is 10.6. The van der Waals surface area contributed by atoms with E-state index < -0.39 is 6.09 Å². The molecule has 1 amide bonds. The fraction of sp³-hybridized carbons (Fsp3) is 0. The van der Waals surface area contributed by atoms with Crippen molar-refractivity contribution in [2.24, 2.45) is 5.10 Å². The Morgan fingerprint density at radius 2 is 2.07 bits per heavy atom. The number of phenols is 2. The minimum Gasteiger partial charge on any atom is -0.504 e. The molecule has 0 aliphatic rings. The molecule has 74 valence electrons. The van der Waals surface area contributed by atoms with Gasteiger partial charge in [-0.1, -0.05) is 0 Å². The zero-order valence-corrected chi connectivity index (χ0v) is 7.01. The fourth-order valence-corrected chi connectivity index (χ4v) is 0.783. The maximum Gasteiger partial charge on any atom is 0.425 e. The van der Waals surface area contributed by atoms with Gasteiger partial charge in [-0.25, -0.2) is 10.2 Å². The molecule has 6 nitrogen and oxygen atoms in total. The number of amides is 1. The third-order valence-electron chi connectivity index (χ3n) is 1.37.